The second kappa shape index (κ2) is 6.42. The molecule has 0 saturated heterocycles. The van der Waals surface area contributed by atoms with Gasteiger partial charge in [-0.1, -0.05) is 17.7 Å². The summed E-state index contributed by atoms with van der Waals surface area (Å²) in [6, 6.07) is 11.1. The first-order valence-electron chi connectivity index (χ1n) is 7.30. The first-order valence-corrected chi connectivity index (χ1v) is 9.16. The fourth-order valence-corrected chi connectivity index (χ4v) is 4.02. The number of nitrogens with one attached hydrogen (secondary N) is 1. The van der Waals surface area contributed by atoms with Crippen LogP contribution in [0.1, 0.15) is 11.7 Å². The van der Waals surface area contributed by atoms with Crippen LogP contribution in [-0.2, 0) is 10.0 Å². The highest BCUT2D eigenvalue weighted by molar-refractivity contribution is 7.92. The van der Waals surface area contributed by atoms with Gasteiger partial charge in [-0.2, -0.15) is 0 Å². The van der Waals surface area contributed by atoms with Crippen molar-refractivity contribution in [3.63, 3.8) is 0 Å². The van der Waals surface area contributed by atoms with Crippen LogP contribution in [0.25, 0.3) is 10.9 Å². The Morgan fingerprint density at radius 2 is 1.92 bits per heavy atom. The molecular formula is C17H15ClN2O4S. The number of hydrogen-bond donors (Lipinski definition) is 1. The van der Waals surface area contributed by atoms with Crippen LogP contribution in [0.15, 0.2) is 53.6 Å². The SMILES string of the molecule is COc1ccc(Cl)cc1S(=O)(=O)Nc1ccc2ccn(C(C)=O)c2c1. The van der Waals surface area contributed by atoms with E-state index in [1.165, 1.54) is 30.7 Å². The lowest BCUT2D eigenvalue weighted by Crippen LogP contribution is -2.14. The fourth-order valence-electron chi connectivity index (χ4n) is 2.54. The summed E-state index contributed by atoms with van der Waals surface area (Å²) < 4.78 is 34.5. The van der Waals surface area contributed by atoms with E-state index in [-0.39, 0.29) is 21.6 Å². The molecule has 0 amide bonds. The third-order valence-corrected chi connectivity index (χ3v) is 5.34. The van der Waals surface area contributed by atoms with Crippen LogP contribution in [0.2, 0.25) is 5.02 Å². The number of methoxy groups -OCH3 is 1. The van der Waals surface area contributed by atoms with Crippen LogP contribution in [0.4, 0.5) is 5.69 Å². The number of hydrogen-bond acceptors (Lipinski definition) is 4. The van der Waals surface area contributed by atoms with E-state index >= 15 is 0 Å². The monoisotopic (exact) mass is 378 g/mol. The molecule has 0 aliphatic heterocycles. The Kier molecular flexibility index (Phi) is 4.45. The normalized spacial score (nSPS) is 11.5. The maximum Gasteiger partial charge on any atom is 0.265 e. The molecule has 1 aromatic heterocycles. The van der Waals surface area contributed by atoms with Gasteiger partial charge < -0.3 is 4.74 Å². The molecule has 0 spiro atoms. The molecule has 0 unspecified atom stereocenters. The van der Waals surface area contributed by atoms with Crippen molar-refractivity contribution in [3.8, 4) is 5.75 Å². The Morgan fingerprint density at radius 3 is 2.60 bits per heavy atom. The zero-order valence-corrected chi connectivity index (χ0v) is 15.1. The Bertz CT molecular complexity index is 1070. The summed E-state index contributed by atoms with van der Waals surface area (Å²) in [6.45, 7) is 1.44. The van der Waals surface area contributed by atoms with E-state index in [9.17, 15) is 13.2 Å². The van der Waals surface area contributed by atoms with Gasteiger partial charge in [0.05, 0.1) is 18.3 Å². The summed E-state index contributed by atoms with van der Waals surface area (Å²) in [5.74, 6) is 0.0246. The van der Waals surface area contributed by atoms with Gasteiger partial charge in [-0.25, -0.2) is 8.42 Å². The van der Waals surface area contributed by atoms with Gasteiger partial charge >= 0.3 is 0 Å². The average Bonchev–Trinajstić information content (AvgIpc) is 2.97. The second-order valence-corrected chi connectivity index (χ2v) is 7.47. The Balaban J connectivity index is 2.04. The van der Waals surface area contributed by atoms with Crippen LogP contribution >= 0.6 is 11.6 Å². The first-order chi connectivity index (χ1) is 11.8. The van der Waals surface area contributed by atoms with Gasteiger partial charge in [0.2, 0.25) is 5.91 Å². The molecule has 130 valence electrons. The summed E-state index contributed by atoms with van der Waals surface area (Å²) in [6.07, 6.45) is 1.64. The molecule has 25 heavy (non-hydrogen) atoms. The van der Waals surface area contributed by atoms with Gasteiger partial charge in [0.15, 0.2) is 0 Å². The number of rotatable bonds is 4. The maximum absolute atomic E-state index is 12.7. The lowest BCUT2D eigenvalue weighted by atomic mass is 10.2. The average molecular weight is 379 g/mol. The number of ether oxygens (including phenoxy) is 1. The van der Waals surface area contributed by atoms with Crippen molar-refractivity contribution in [1.29, 1.82) is 0 Å². The molecular weight excluding hydrogens is 364 g/mol. The molecule has 8 heteroatoms. The number of benzene rings is 2. The van der Waals surface area contributed by atoms with Gasteiger partial charge in [0, 0.05) is 23.5 Å². The molecule has 3 aromatic rings. The third-order valence-electron chi connectivity index (χ3n) is 3.70. The van der Waals surface area contributed by atoms with Crippen molar-refractivity contribution < 1.29 is 17.9 Å². The zero-order valence-electron chi connectivity index (χ0n) is 13.5. The molecule has 0 aliphatic carbocycles. The van der Waals surface area contributed by atoms with E-state index in [1.54, 1.807) is 36.5 Å². The number of carbonyl (C=O) groups is 1. The molecule has 0 aliphatic rings. The first kappa shape index (κ1) is 17.3. The highest BCUT2D eigenvalue weighted by atomic mass is 35.5. The van der Waals surface area contributed by atoms with Crippen LogP contribution in [-0.4, -0.2) is 26.0 Å². The molecule has 0 saturated carbocycles. The van der Waals surface area contributed by atoms with Gasteiger partial charge in [0.25, 0.3) is 10.0 Å². The van der Waals surface area contributed by atoms with Gasteiger partial charge in [-0.3, -0.25) is 14.1 Å². The maximum atomic E-state index is 12.7. The van der Waals surface area contributed by atoms with E-state index in [2.05, 4.69) is 4.72 Å². The summed E-state index contributed by atoms with van der Waals surface area (Å²) >= 11 is 5.91. The van der Waals surface area contributed by atoms with E-state index in [4.69, 9.17) is 16.3 Å². The molecule has 0 bridgehead atoms. The fraction of sp³-hybridized carbons (Fsp3) is 0.118. The summed E-state index contributed by atoms with van der Waals surface area (Å²) in [5.41, 5.74) is 0.946. The highest BCUT2D eigenvalue weighted by Gasteiger charge is 2.20. The predicted octanol–water partition coefficient (Wildman–Crippen LogP) is 3.76. The molecule has 1 N–H and O–H groups in total. The number of halogens is 1. The molecule has 2 aromatic carbocycles. The van der Waals surface area contributed by atoms with Crippen molar-refractivity contribution in [1.82, 2.24) is 4.57 Å². The minimum Gasteiger partial charge on any atom is -0.495 e. The molecule has 1 heterocycles. The number of carbonyl (C=O) groups excluding carboxylic acids is 1. The van der Waals surface area contributed by atoms with E-state index in [1.807, 2.05) is 0 Å². The second-order valence-electron chi connectivity index (χ2n) is 5.38. The number of aromatic nitrogens is 1. The van der Waals surface area contributed by atoms with E-state index < -0.39 is 10.0 Å². The predicted molar refractivity (Wildman–Crippen MR) is 97.1 cm³/mol. The quantitative estimate of drug-likeness (QED) is 0.749. The van der Waals surface area contributed by atoms with Crippen LogP contribution < -0.4 is 9.46 Å². The minimum absolute atomic E-state index is 0.0652. The summed E-state index contributed by atoms with van der Waals surface area (Å²) in [4.78, 5) is 11.6. The largest absolute Gasteiger partial charge is 0.495 e. The molecule has 0 radical (unpaired) electrons. The zero-order chi connectivity index (χ0) is 18.2. The van der Waals surface area contributed by atoms with E-state index in [0.29, 0.717) is 11.2 Å². The summed E-state index contributed by atoms with van der Waals surface area (Å²) in [7, 11) is -2.53. The van der Waals surface area contributed by atoms with Gasteiger partial charge in [-0.05, 0) is 36.4 Å². The Morgan fingerprint density at radius 1 is 1.16 bits per heavy atom. The topological polar surface area (TPSA) is 77.4 Å². The highest BCUT2D eigenvalue weighted by Crippen LogP contribution is 2.29. The lowest BCUT2D eigenvalue weighted by molar-refractivity contribution is 0.0941. The molecule has 3 rings (SSSR count). The molecule has 0 atom stereocenters. The Hall–Kier alpha value is -2.51. The van der Waals surface area contributed by atoms with Crippen LogP contribution in [0.5, 0.6) is 5.75 Å². The molecule has 6 nitrogen and oxygen atoms in total. The number of anilines is 1. The smallest absolute Gasteiger partial charge is 0.265 e. The van der Waals surface area contributed by atoms with Crippen LogP contribution in [0, 0.1) is 0 Å². The van der Waals surface area contributed by atoms with Crippen LogP contribution in [0.3, 0.4) is 0 Å². The van der Waals surface area contributed by atoms with Gasteiger partial charge in [-0.15, -0.1) is 0 Å². The Labute approximate surface area is 150 Å². The van der Waals surface area contributed by atoms with Crippen molar-refractivity contribution in [2.24, 2.45) is 0 Å². The summed E-state index contributed by atoms with van der Waals surface area (Å²) in [5, 5.41) is 1.11. The van der Waals surface area contributed by atoms with Crippen molar-refractivity contribution >= 4 is 44.1 Å². The van der Waals surface area contributed by atoms with Crippen molar-refractivity contribution in [2.75, 3.05) is 11.8 Å². The molecule has 0 fully saturated rings. The number of fused-ring (bicyclic) bond motifs is 1. The standard InChI is InChI=1S/C17H15ClN2O4S/c1-11(21)20-8-7-12-3-5-14(10-15(12)20)19-25(22,23)17-9-13(18)4-6-16(17)24-2/h3-10,19H,1-2H3. The van der Waals surface area contributed by atoms with Crippen molar-refractivity contribution in [3.05, 3.63) is 53.7 Å². The van der Waals surface area contributed by atoms with E-state index in [0.717, 1.165) is 5.39 Å². The minimum atomic E-state index is -3.92. The third kappa shape index (κ3) is 3.33. The number of sulfonamides is 1. The number of nitrogens with zero attached hydrogens (tertiary/aromatic N) is 1. The van der Waals surface area contributed by atoms with Gasteiger partial charge in [0.1, 0.15) is 10.6 Å². The lowest BCUT2D eigenvalue weighted by Gasteiger charge is -2.12. The van der Waals surface area contributed by atoms with Crippen molar-refractivity contribution in [2.45, 2.75) is 11.8 Å².